The van der Waals surface area contributed by atoms with Gasteiger partial charge in [0.1, 0.15) is 24.4 Å². The van der Waals surface area contributed by atoms with E-state index in [1.807, 2.05) is 30.3 Å². The minimum absolute atomic E-state index is 0.153. The van der Waals surface area contributed by atoms with Crippen LogP contribution >= 0.6 is 0 Å². The minimum atomic E-state index is -1.50. The fourth-order valence-electron chi connectivity index (χ4n) is 3.03. The highest BCUT2D eigenvalue weighted by Gasteiger charge is 2.54. The van der Waals surface area contributed by atoms with Crippen LogP contribution < -0.4 is 0 Å². The summed E-state index contributed by atoms with van der Waals surface area (Å²) in [5.74, 6) is -1.32. The predicted octanol–water partition coefficient (Wildman–Crippen LogP) is 0.186. The lowest BCUT2D eigenvalue weighted by Gasteiger charge is -2.45. The highest BCUT2D eigenvalue weighted by atomic mass is 16.6. The first kappa shape index (κ1) is 20.3. The van der Waals surface area contributed by atoms with Gasteiger partial charge in [-0.05, 0) is 5.56 Å². The SMILES string of the molecule is CO[C@H]1[C@H](OC(C)=O)[C@@H](OC(C)=O)[C@H](O)[C@H](O)[C@H]1OCc1ccccc1. The number of carbonyl (C=O) groups is 2. The number of esters is 2. The van der Waals surface area contributed by atoms with Gasteiger partial charge in [-0.1, -0.05) is 30.3 Å². The summed E-state index contributed by atoms with van der Waals surface area (Å²) >= 11 is 0. The number of rotatable bonds is 6. The molecule has 0 bridgehead atoms. The van der Waals surface area contributed by atoms with Crippen molar-refractivity contribution in [1.29, 1.82) is 0 Å². The third-order valence-electron chi connectivity index (χ3n) is 4.16. The second kappa shape index (κ2) is 9.09. The lowest BCUT2D eigenvalue weighted by atomic mass is 9.84. The largest absolute Gasteiger partial charge is 0.456 e. The fraction of sp³-hybridized carbons (Fsp3) is 0.556. The van der Waals surface area contributed by atoms with E-state index in [1.165, 1.54) is 14.0 Å². The van der Waals surface area contributed by atoms with Gasteiger partial charge in [0.05, 0.1) is 6.61 Å². The molecular formula is C18H24O8. The molecule has 0 unspecified atom stereocenters. The molecule has 0 aromatic heterocycles. The van der Waals surface area contributed by atoms with Crippen molar-refractivity contribution in [2.24, 2.45) is 0 Å². The van der Waals surface area contributed by atoms with Gasteiger partial charge in [0, 0.05) is 21.0 Å². The van der Waals surface area contributed by atoms with Crippen molar-refractivity contribution in [3.63, 3.8) is 0 Å². The normalized spacial score (nSPS) is 31.3. The van der Waals surface area contributed by atoms with Gasteiger partial charge >= 0.3 is 11.9 Å². The standard InChI is InChI=1S/C18H24O8/c1-10(19)25-16-14(22)13(21)15(17(23-3)18(16)26-11(2)20)24-9-12-7-5-4-6-8-12/h4-8,13-18,21-22H,9H2,1-3H3/t13-,14+,15+,16-,17+,18+/m0/s1. The second-order valence-corrected chi connectivity index (χ2v) is 6.09. The lowest BCUT2D eigenvalue weighted by molar-refractivity contribution is -0.255. The molecule has 0 saturated heterocycles. The van der Waals surface area contributed by atoms with E-state index in [0.29, 0.717) is 0 Å². The Morgan fingerprint density at radius 3 is 1.96 bits per heavy atom. The number of carbonyl (C=O) groups excluding carboxylic acids is 2. The zero-order chi connectivity index (χ0) is 19.3. The third kappa shape index (κ3) is 4.79. The quantitative estimate of drug-likeness (QED) is 0.685. The van der Waals surface area contributed by atoms with E-state index < -0.39 is 48.6 Å². The monoisotopic (exact) mass is 368 g/mol. The van der Waals surface area contributed by atoms with Crippen molar-refractivity contribution in [2.45, 2.75) is 57.1 Å². The van der Waals surface area contributed by atoms with E-state index in [2.05, 4.69) is 0 Å². The van der Waals surface area contributed by atoms with Gasteiger partial charge in [-0.25, -0.2) is 0 Å². The molecule has 6 atom stereocenters. The first-order valence-electron chi connectivity index (χ1n) is 8.24. The van der Waals surface area contributed by atoms with Crippen LogP contribution in [-0.2, 0) is 35.1 Å². The van der Waals surface area contributed by atoms with E-state index in [-0.39, 0.29) is 6.61 Å². The summed E-state index contributed by atoms with van der Waals surface area (Å²) in [7, 11) is 1.36. The van der Waals surface area contributed by atoms with Crippen molar-refractivity contribution in [3.05, 3.63) is 35.9 Å². The van der Waals surface area contributed by atoms with Crippen LogP contribution in [0.5, 0.6) is 0 Å². The van der Waals surface area contributed by atoms with Crippen molar-refractivity contribution >= 4 is 11.9 Å². The number of hydrogen-bond donors (Lipinski definition) is 2. The molecule has 0 radical (unpaired) electrons. The molecule has 1 aliphatic carbocycles. The first-order valence-corrected chi connectivity index (χ1v) is 8.24. The summed E-state index contributed by atoms with van der Waals surface area (Å²) in [6.07, 6.45) is -7.24. The average Bonchev–Trinajstić information content (AvgIpc) is 2.60. The molecule has 26 heavy (non-hydrogen) atoms. The van der Waals surface area contributed by atoms with Crippen molar-refractivity contribution in [2.75, 3.05) is 7.11 Å². The second-order valence-electron chi connectivity index (χ2n) is 6.09. The molecule has 8 nitrogen and oxygen atoms in total. The van der Waals surface area contributed by atoms with Gasteiger partial charge in [0.25, 0.3) is 0 Å². The van der Waals surface area contributed by atoms with Crippen molar-refractivity contribution < 1.29 is 38.7 Å². The third-order valence-corrected chi connectivity index (χ3v) is 4.16. The summed E-state index contributed by atoms with van der Waals surface area (Å²) in [6, 6.07) is 9.24. The van der Waals surface area contributed by atoms with E-state index in [1.54, 1.807) is 0 Å². The summed E-state index contributed by atoms with van der Waals surface area (Å²) in [4.78, 5) is 22.8. The number of hydrogen-bond acceptors (Lipinski definition) is 8. The fourth-order valence-corrected chi connectivity index (χ4v) is 3.03. The Bertz CT molecular complexity index is 604. The highest BCUT2D eigenvalue weighted by Crippen LogP contribution is 2.30. The molecular weight excluding hydrogens is 344 g/mol. The maximum atomic E-state index is 11.5. The zero-order valence-corrected chi connectivity index (χ0v) is 14.9. The summed E-state index contributed by atoms with van der Waals surface area (Å²) in [6.45, 7) is 2.50. The molecule has 1 fully saturated rings. The number of methoxy groups -OCH3 is 1. The van der Waals surface area contributed by atoms with E-state index in [9.17, 15) is 19.8 Å². The van der Waals surface area contributed by atoms with Gasteiger partial charge in [-0.15, -0.1) is 0 Å². The summed E-state index contributed by atoms with van der Waals surface area (Å²) in [5, 5.41) is 20.9. The Balaban J connectivity index is 2.23. The topological polar surface area (TPSA) is 112 Å². The number of benzene rings is 1. The Morgan fingerprint density at radius 2 is 1.42 bits per heavy atom. The maximum absolute atomic E-state index is 11.5. The molecule has 0 aliphatic heterocycles. The lowest BCUT2D eigenvalue weighted by Crippen LogP contribution is -2.66. The molecule has 1 aliphatic rings. The zero-order valence-electron chi connectivity index (χ0n) is 14.9. The highest BCUT2D eigenvalue weighted by molar-refractivity contribution is 5.67. The molecule has 1 aromatic carbocycles. The van der Waals surface area contributed by atoms with Crippen LogP contribution in [0.2, 0.25) is 0 Å². The van der Waals surface area contributed by atoms with Crippen molar-refractivity contribution in [1.82, 2.24) is 0 Å². The number of aliphatic hydroxyl groups excluding tert-OH is 2. The van der Waals surface area contributed by atoms with Crippen molar-refractivity contribution in [3.8, 4) is 0 Å². The van der Waals surface area contributed by atoms with Crippen LogP contribution in [0.15, 0.2) is 30.3 Å². The van der Waals surface area contributed by atoms with Crippen LogP contribution in [0.25, 0.3) is 0 Å². The number of ether oxygens (including phenoxy) is 4. The van der Waals surface area contributed by atoms with Crippen LogP contribution in [0, 0.1) is 0 Å². The molecule has 144 valence electrons. The van der Waals surface area contributed by atoms with Crippen LogP contribution in [-0.4, -0.2) is 65.9 Å². The van der Waals surface area contributed by atoms with Gasteiger partial charge in [0.15, 0.2) is 12.2 Å². The van der Waals surface area contributed by atoms with Crippen LogP contribution in [0.1, 0.15) is 19.4 Å². The Morgan fingerprint density at radius 1 is 0.885 bits per heavy atom. The van der Waals surface area contributed by atoms with E-state index in [0.717, 1.165) is 12.5 Å². The molecule has 0 heterocycles. The predicted molar refractivity (Wildman–Crippen MR) is 88.9 cm³/mol. The molecule has 1 aromatic rings. The molecule has 0 amide bonds. The smallest absolute Gasteiger partial charge is 0.303 e. The Kier molecular flexibility index (Phi) is 7.10. The number of aliphatic hydroxyl groups is 2. The maximum Gasteiger partial charge on any atom is 0.303 e. The minimum Gasteiger partial charge on any atom is -0.456 e. The average molecular weight is 368 g/mol. The molecule has 0 spiro atoms. The van der Waals surface area contributed by atoms with E-state index >= 15 is 0 Å². The summed E-state index contributed by atoms with van der Waals surface area (Å²) in [5.41, 5.74) is 0.857. The summed E-state index contributed by atoms with van der Waals surface area (Å²) < 4.78 is 21.4. The van der Waals surface area contributed by atoms with Crippen LogP contribution in [0.3, 0.4) is 0 Å². The Hall–Kier alpha value is -2.00. The molecule has 2 rings (SSSR count). The van der Waals surface area contributed by atoms with E-state index in [4.69, 9.17) is 18.9 Å². The van der Waals surface area contributed by atoms with Gasteiger partial charge in [-0.2, -0.15) is 0 Å². The van der Waals surface area contributed by atoms with Gasteiger partial charge < -0.3 is 29.2 Å². The molecule has 8 heteroatoms. The van der Waals surface area contributed by atoms with Gasteiger partial charge in [-0.3, -0.25) is 9.59 Å². The first-order chi connectivity index (χ1) is 12.3. The van der Waals surface area contributed by atoms with Gasteiger partial charge in [0.2, 0.25) is 0 Å². The molecule has 2 N–H and O–H groups in total. The molecule has 1 saturated carbocycles. The van der Waals surface area contributed by atoms with Crippen LogP contribution in [0.4, 0.5) is 0 Å². The Labute approximate surface area is 151 Å².